The lowest BCUT2D eigenvalue weighted by atomic mass is 10.1. The Labute approximate surface area is 157 Å². The highest BCUT2D eigenvalue weighted by atomic mass is 32.2. The van der Waals surface area contributed by atoms with Crippen molar-refractivity contribution in [3.8, 4) is 0 Å². The van der Waals surface area contributed by atoms with Crippen molar-refractivity contribution in [2.45, 2.75) is 24.9 Å². The average molecular weight is 395 g/mol. The first-order chi connectivity index (χ1) is 12.3. The van der Waals surface area contributed by atoms with Crippen molar-refractivity contribution in [3.05, 3.63) is 35.7 Å². The Morgan fingerprint density at radius 2 is 2.04 bits per heavy atom. The van der Waals surface area contributed by atoms with E-state index in [9.17, 15) is 13.2 Å². The van der Waals surface area contributed by atoms with Crippen molar-refractivity contribution >= 4 is 33.2 Å². The Hall–Kier alpha value is -1.87. The summed E-state index contributed by atoms with van der Waals surface area (Å²) >= 11 is 1.32. The molecule has 0 spiro atoms. The molecule has 140 valence electrons. The van der Waals surface area contributed by atoms with Gasteiger partial charge in [0.05, 0.1) is 17.3 Å². The van der Waals surface area contributed by atoms with Gasteiger partial charge in [-0.25, -0.2) is 8.42 Å². The Morgan fingerprint density at radius 3 is 2.69 bits per heavy atom. The molecule has 3 rings (SSSR count). The number of nitrogens with zero attached hydrogens (tertiary/aromatic N) is 3. The average Bonchev–Trinajstić information content (AvgIpc) is 3.11. The van der Waals surface area contributed by atoms with E-state index in [0.29, 0.717) is 18.0 Å². The van der Waals surface area contributed by atoms with E-state index >= 15 is 0 Å². The van der Waals surface area contributed by atoms with Gasteiger partial charge in [-0.3, -0.25) is 4.79 Å². The molecule has 1 atom stereocenters. The molecule has 1 aromatic heterocycles. The Balaban J connectivity index is 1.53. The number of carbonyl (C=O) groups is 1. The van der Waals surface area contributed by atoms with Crippen LogP contribution in [-0.2, 0) is 28.1 Å². The number of aryl methyl sites for hydroxylation is 1. The van der Waals surface area contributed by atoms with Crippen molar-refractivity contribution < 1.29 is 13.2 Å². The largest absolute Gasteiger partial charge is 0.325 e. The maximum absolute atomic E-state index is 12.1. The summed E-state index contributed by atoms with van der Waals surface area (Å²) in [5, 5.41) is 11.8. The van der Waals surface area contributed by atoms with E-state index in [1.165, 1.54) is 11.8 Å². The second-order valence-electron chi connectivity index (χ2n) is 6.63. The van der Waals surface area contributed by atoms with Crippen LogP contribution >= 0.6 is 11.8 Å². The van der Waals surface area contributed by atoms with Crippen molar-refractivity contribution in [3.63, 3.8) is 0 Å². The van der Waals surface area contributed by atoms with Crippen molar-refractivity contribution in [1.82, 2.24) is 14.8 Å². The topological polar surface area (TPSA) is 94.0 Å². The standard InChI is InChI=1S/C17H22N4O3S2/c1-12-3-5-14(6-4-12)18-16(22)10-25-17-20-19-15(21(17)2)9-13-7-8-26(23,24)11-13/h3-6,13H,7-11H2,1-2H3,(H,18,22)/t13-/m1/s1. The number of benzene rings is 1. The zero-order valence-electron chi connectivity index (χ0n) is 14.8. The molecule has 1 saturated heterocycles. The third-order valence-corrected chi connectivity index (χ3v) is 7.25. The number of sulfone groups is 1. The van der Waals surface area contributed by atoms with E-state index in [2.05, 4.69) is 15.5 Å². The first-order valence-electron chi connectivity index (χ1n) is 8.40. The van der Waals surface area contributed by atoms with Crippen LogP contribution in [-0.4, -0.2) is 46.3 Å². The van der Waals surface area contributed by atoms with Gasteiger partial charge >= 0.3 is 0 Å². The van der Waals surface area contributed by atoms with Crippen molar-refractivity contribution in [1.29, 1.82) is 0 Å². The second kappa shape index (κ2) is 7.79. The van der Waals surface area contributed by atoms with Gasteiger partial charge in [0.15, 0.2) is 15.0 Å². The molecular formula is C17H22N4O3S2. The molecule has 1 fully saturated rings. The van der Waals surface area contributed by atoms with Gasteiger partial charge in [-0.2, -0.15) is 0 Å². The van der Waals surface area contributed by atoms with Crippen LogP contribution in [0.1, 0.15) is 17.8 Å². The summed E-state index contributed by atoms with van der Waals surface area (Å²) in [5.74, 6) is 1.47. The van der Waals surface area contributed by atoms with Crippen molar-refractivity contribution in [2.75, 3.05) is 22.6 Å². The fourth-order valence-corrected chi connectivity index (χ4v) is 5.50. The molecule has 0 unspecified atom stereocenters. The minimum absolute atomic E-state index is 0.102. The van der Waals surface area contributed by atoms with Crippen LogP contribution in [0.15, 0.2) is 29.4 Å². The SMILES string of the molecule is Cc1ccc(NC(=O)CSc2nnc(C[C@H]3CCS(=O)(=O)C3)n2C)cc1. The highest BCUT2D eigenvalue weighted by Gasteiger charge is 2.29. The van der Waals surface area contributed by atoms with Gasteiger partial charge in [0.1, 0.15) is 5.82 Å². The summed E-state index contributed by atoms with van der Waals surface area (Å²) < 4.78 is 25.0. The summed E-state index contributed by atoms with van der Waals surface area (Å²) in [7, 11) is -1.04. The van der Waals surface area contributed by atoms with E-state index < -0.39 is 9.84 Å². The van der Waals surface area contributed by atoms with E-state index in [1.807, 2.05) is 42.8 Å². The monoisotopic (exact) mass is 394 g/mol. The molecular weight excluding hydrogens is 372 g/mol. The first kappa shape index (κ1) is 18.9. The number of hydrogen-bond donors (Lipinski definition) is 1. The summed E-state index contributed by atoms with van der Waals surface area (Å²) in [6, 6.07) is 7.63. The van der Waals surface area contributed by atoms with Crippen LogP contribution < -0.4 is 5.32 Å². The number of carbonyl (C=O) groups excluding carboxylic acids is 1. The van der Waals surface area contributed by atoms with Gasteiger partial charge in [-0.05, 0) is 31.4 Å². The van der Waals surface area contributed by atoms with E-state index in [1.54, 1.807) is 0 Å². The lowest BCUT2D eigenvalue weighted by molar-refractivity contribution is -0.113. The zero-order valence-corrected chi connectivity index (χ0v) is 16.4. The number of aromatic nitrogens is 3. The Bertz CT molecular complexity index is 891. The van der Waals surface area contributed by atoms with E-state index in [-0.39, 0.29) is 29.1 Å². The summed E-state index contributed by atoms with van der Waals surface area (Å²) in [5.41, 5.74) is 1.90. The maximum atomic E-state index is 12.1. The fourth-order valence-electron chi connectivity index (χ4n) is 2.90. The van der Waals surface area contributed by atoms with Crippen LogP contribution in [0.2, 0.25) is 0 Å². The fraction of sp³-hybridized carbons (Fsp3) is 0.471. The predicted molar refractivity (Wildman–Crippen MR) is 102 cm³/mol. The summed E-state index contributed by atoms with van der Waals surface area (Å²) in [6.07, 6.45) is 1.27. The second-order valence-corrected chi connectivity index (χ2v) is 9.81. The molecule has 1 aliphatic heterocycles. The molecule has 1 N–H and O–H groups in total. The van der Waals surface area contributed by atoms with E-state index in [0.717, 1.165) is 17.1 Å². The third kappa shape index (κ3) is 4.85. The lowest BCUT2D eigenvalue weighted by Crippen LogP contribution is -2.14. The summed E-state index contributed by atoms with van der Waals surface area (Å²) in [4.78, 5) is 12.1. The van der Waals surface area contributed by atoms with Gasteiger partial charge in [0.2, 0.25) is 5.91 Å². The minimum atomic E-state index is -2.89. The highest BCUT2D eigenvalue weighted by molar-refractivity contribution is 7.99. The molecule has 1 aliphatic rings. The number of thioether (sulfide) groups is 1. The van der Waals surface area contributed by atoms with Crippen molar-refractivity contribution in [2.24, 2.45) is 13.0 Å². The predicted octanol–water partition coefficient (Wildman–Crippen LogP) is 1.83. The van der Waals surface area contributed by atoms with Gasteiger partial charge in [0.25, 0.3) is 0 Å². The highest BCUT2D eigenvalue weighted by Crippen LogP contribution is 2.23. The zero-order chi connectivity index (χ0) is 18.7. The first-order valence-corrected chi connectivity index (χ1v) is 11.2. The smallest absolute Gasteiger partial charge is 0.234 e. The molecule has 1 aromatic carbocycles. The molecule has 0 radical (unpaired) electrons. The molecule has 1 amide bonds. The number of anilines is 1. The van der Waals surface area contributed by atoms with Crippen LogP contribution in [0.25, 0.3) is 0 Å². The number of rotatable bonds is 6. The van der Waals surface area contributed by atoms with Crippen LogP contribution in [0.3, 0.4) is 0 Å². The number of hydrogen-bond acceptors (Lipinski definition) is 6. The molecule has 2 heterocycles. The lowest BCUT2D eigenvalue weighted by Gasteiger charge is -2.08. The molecule has 7 nitrogen and oxygen atoms in total. The van der Waals surface area contributed by atoms with Gasteiger partial charge in [0, 0.05) is 19.2 Å². The molecule has 26 heavy (non-hydrogen) atoms. The quantitative estimate of drug-likeness (QED) is 0.751. The Kier molecular flexibility index (Phi) is 5.67. The number of amides is 1. The van der Waals surface area contributed by atoms with Crippen LogP contribution in [0.4, 0.5) is 5.69 Å². The molecule has 0 saturated carbocycles. The van der Waals surface area contributed by atoms with Gasteiger partial charge < -0.3 is 9.88 Å². The van der Waals surface area contributed by atoms with Gasteiger partial charge in [-0.1, -0.05) is 29.5 Å². The third-order valence-electron chi connectivity index (χ3n) is 4.39. The molecule has 0 aliphatic carbocycles. The minimum Gasteiger partial charge on any atom is -0.325 e. The molecule has 9 heteroatoms. The normalized spacial score (nSPS) is 18.8. The van der Waals surface area contributed by atoms with Crippen LogP contribution in [0.5, 0.6) is 0 Å². The van der Waals surface area contributed by atoms with Gasteiger partial charge in [-0.15, -0.1) is 10.2 Å². The van der Waals surface area contributed by atoms with Crippen LogP contribution in [0, 0.1) is 12.8 Å². The maximum Gasteiger partial charge on any atom is 0.234 e. The Morgan fingerprint density at radius 1 is 1.31 bits per heavy atom. The number of nitrogens with one attached hydrogen (secondary N) is 1. The molecule has 2 aromatic rings. The summed E-state index contributed by atoms with van der Waals surface area (Å²) in [6.45, 7) is 1.99. The van der Waals surface area contributed by atoms with E-state index in [4.69, 9.17) is 0 Å². The molecule has 0 bridgehead atoms.